The largest absolute Gasteiger partial charge is 0.310 e. The van der Waals surface area contributed by atoms with Gasteiger partial charge < -0.3 is 5.32 Å². The van der Waals surface area contributed by atoms with E-state index in [4.69, 9.17) is 11.6 Å². The van der Waals surface area contributed by atoms with E-state index in [0.29, 0.717) is 6.04 Å². The predicted molar refractivity (Wildman–Crippen MR) is 79.6 cm³/mol. The van der Waals surface area contributed by atoms with E-state index in [1.165, 1.54) is 12.0 Å². The highest BCUT2D eigenvalue weighted by molar-refractivity contribution is 9.10. The molecule has 1 unspecified atom stereocenters. The maximum atomic E-state index is 6.35. The molecule has 0 aliphatic heterocycles. The van der Waals surface area contributed by atoms with Crippen molar-refractivity contribution in [3.8, 4) is 0 Å². The molecule has 0 saturated carbocycles. The summed E-state index contributed by atoms with van der Waals surface area (Å²) in [6, 6.07) is 6.50. The van der Waals surface area contributed by atoms with Gasteiger partial charge in [-0.15, -0.1) is 0 Å². The summed E-state index contributed by atoms with van der Waals surface area (Å²) >= 11 is 9.84. The van der Waals surface area contributed by atoms with Crippen LogP contribution in [0.25, 0.3) is 0 Å². The molecule has 0 bridgehead atoms. The summed E-state index contributed by atoms with van der Waals surface area (Å²) in [5, 5.41) is 4.35. The summed E-state index contributed by atoms with van der Waals surface area (Å²) in [7, 11) is 0. The molecule has 1 atom stereocenters. The molecule has 17 heavy (non-hydrogen) atoms. The lowest BCUT2D eigenvalue weighted by Gasteiger charge is -2.21. The van der Waals surface area contributed by atoms with Gasteiger partial charge in [0.1, 0.15) is 0 Å². The van der Waals surface area contributed by atoms with Crippen LogP contribution in [0.4, 0.5) is 0 Å². The van der Waals surface area contributed by atoms with Crippen molar-refractivity contribution in [2.45, 2.75) is 39.7 Å². The van der Waals surface area contributed by atoms with E-state index in [1.54, 1.807) is 0 Å². The first kappa shape index (κ1) is 15.0. The Morgan fingerprint density at radius 2 is 2.00 bits per heavy atom. The van der Waals surface area contributed by atoms with Crippen molar-refractivity contribution in [1.29, 1.82) is 0 Å². The standard InChI is InChI=1S/C14H21BrClN/c1-4-17-13(9-8-10(2)3)11-6-5-7-12(15)14(11)16/h5-7,10,13,17H,4,8-9H2,1-3H3. The number of benzene rings is 1. The fourth-order valence-corrected chi connectivity index (χ4v) is 2.54. The van der Waals surface area contributed by atoms with Crippen LogP contribution >= 0.6 is 27.5 Å². The molecule has 1 aromatic rings. The average Bonchev–Trinajstić information content (AvgIpc) is 2.28. The van der Waals surface area contributed by atoms with Gasteiger partial charge in [-0.1, -0.05) is 44.5 Å². The summed E-state index contributed by atoms with van der Waals surface area (Å²) in [6.07, 6.45) is 2.34. The van der Waals surface area contributed by atoms with Gasteiger partial charge in [-0.3, -0.25) is 0 Å². The summed E-state index contributed by atoms with van der Waals surface area (Å²) in [5.41, 5.74) is 1.20. The second kappa shape index (κ2) is 7.40. The van der Waals surface area contributed by atoms with Crippen LogP contribution in [0.1, 0.15) is 45.2 Å². The maximum absolute atomic E-state index is 6.35. The van der Waals surface area contributed by atoms with Crippen molar-refractivity contribution in [3.05, 3.63) is 33.3 Å². The van der Waals surface area contributed by atoms with Gasteiger partial charge in [-0.25, -0.2) is 0 Å². The molecule has 0 heterocycles. The zero-order chi connectivity index (χ0) is 12.8. The Balaban J connectivity index is 2.85. The van der Waals surface area contributed by atoms with Gasteiger partial charge in [0.2, 0.25) is 0 Å². The highest BCUT2D eigenvalue weighted by atomic mass is 79.9. The third-order valence-electron chi connectivity index (χ3n) is 2.84. The monoisotopic (exact) mass is 317 g/mol. The number of halogens is 2. The predicted octanol–water partition coefficient (Wildman–Crippen LogP) is 5.19. The van der Waals surface area contributed by atoms with Crippen LogP contribution in [0.5, 0.6) is 0 Å². The van der Waals surface area contributed by atoms with E-state index in [2.05, 4.69) is 48.1 Å². The Bertz CT molecular complexity index is 352. The van der Waals surface area contributed by atoms with Crippen LogP contribution in [0.15, 0.2) is 22.7 Å². The average molecular weight is 319 g/mol. The quantitative estimate of drug-likeness (QED) is 0.761. The minimum absolute atomic E-state index is 0.354. The Kier molecular flexibility index (Phi) is 6.53. The van der Waals surface area contributed by atoms with Gasteiger partial charge in [0, 0.05) is 10.5 Å². The SMILES string of the molecule is CCNC(CCC(C)C)c1cccc(Br)c1Cl. The third kappa shape index (κ3) is 4.61. The molecule has 0 amide bonds. The Morgan fingerprint density at radius 1 is 1.29 bits per heavy atom. The molecular formula is C14H21BrClN. The van der Waals surface area contributed by atoms with Crippen molar-refractivity contribution in [2.24, 2.45) is 5.92 Å². The first-order valence-electron chi connectivity index (χ1n) is 6.23. The molecule has 0 saturated heterocycles. The molecule has 0 spiro atoms. The van der Waals surface area contributed by atoms with E-state index < -0.39 is 0 Å². The topological polar surface area (TPSA) is 12.0 Å². The Labute approximate surface area is 118 Å². The van der Waals surface area contributed by atoms with Crippen molar-refractivity contribution >= 4 is 27.5 Å². The van der Waals surface area contributed by atoms with Crippen LogP contribution in [0.3, 0.4) is 0 Å². The molecule has 1 aromatic carbocycles. The third-order valence-corrected chi connectivity index (χ3v) is 4.15. The lowest BCUT2D eigenvalue weighted by molar-refractivity contribution is 0.448. The van der Waals surface area contributed by atoms with Crippen molar-refractivity contribution in [1.82, 2.24) is 5.32 Å². The zero-order valence-corrected chi connectivity index (χ0v) is 13.1. The molecule has 0 aliphatic rings. The smallest absolute Gasteiger partial charge is 0.0595 e. The number of hydrogen-bond donors (Lipinski definition) is 1. The summed E-state index contributed by atoms with van der Waals surface area (Å²) in [4.78, 5) is 0. The van der Waals surface area contributed by atoms with Gasteiger partial charge in [-0.05, 0) is 52.9 Å². The molecule has 1 N–H and O–H groups in total. The minimum Gasteiger partial charge on any atom is -0.310 e. The van der Waals surface area contributed by atoms with E-state index in [9.17, 15) is 0 Å². The van der Waals surface area contributed by atoms with Gasteiger partial charge in [0.25, 0.3) is 0 Å². The maximum Gasteiger partial charge on any atom is 0.0595 e. The highest BCUT2D eigenvalue weighted by Gasteiger charge is 2.15. The van der Waals surface area contributed by atoms with Crippen LogP contribution in [0, 0.1) is 5.92 Å². The van der Waals surface area contributed by atoms with Crippen LogP contribution in [0.2, 0.25) is 5.02 Å². The minimum atomic E-state index is 0.354. The molecule has 0 aromatic heterocycles. The van der Waals surface area contributed by atoms with E-state index in [-0.39, 0.29) is 0 Å². The van der Waals surface area contributed by atoms with Crippen molar-refractivity contribution in [3.63, 3.8) is 0 Å². The first-order chi connectivity index (χ1) is 8.06. The number of hydrogen-bond acceptors (Lipinski definition) is 1. The number of nitrogens with one attached hydrogen (secondary N) is 1. The van der Waals surface area contributed by atoms with Gasteiger partial charge in [0.05, 0.1) is 5.02 Å². The van der Waals surface area contributed by atoms with Gasteiger partial charge in [-0.2, -0.15) is 0 Å². The summed E-state index contributed by atoms with van der Waals surface area (Å²) < 4.78 is 0.976. The second-order valence-electron chi connectivity index (χ2n) is 4.72. The summed E-state index contributed by atoms with van der Waals surface area (Å²) in [5.74, 6) is 0.724. The molecule has 1 nitrogen and oxygen atoms in total. The first-order valence-corrected chi connectivity index (χ1v) is 7.40. The van der Waals surface area contributed by atoms with Crippen LogP contribution in [-0.2, 0) is 0 Å². The lowest BCUT2D eigenvalue weighted by Crippen LogP contribution is -2.21. The van der Waals surface area contributed by atoms with Crippen molar-refractivity contribution in [2.75, 3.05) is 6.54 Å². The fraction of sp³-hybridized carbons (Fsp3) is 0.571. The van der Waals surface area contributed by atoms with E-state index >= 15 is 0 Å². The fourth-order valence-electron chi connectivity index (χ4n) is 1.90. The van der Waals surface area contributed by atoms with Gasteiger partial charge >= 0.3 is 0 Å². The Hall–Kier alpha value is -0.0500. The van der Waals surface area contributed by atoms with E-state index in [0.717, 1.165) is 28.4 Å². The molecule has 0 radical (unpaired) electrons. The molecule has 1 rings (SSSR count). The normalized spacial score (nSPS) is 13.1. The molecule has 0 fully saturated rings. The number of rotatable bonds is 6. The van der Waals surface area contributed by atoms with E-state index in [1.807, 2.05) is 12.1 Å². The highest BCUT2D eigenvalue weighted by Crippen LogP contribution is 2.32. The zero-order valence-electron chi connectivity index (χ0n) is 10.8. The molecule has 96 valence electrons. The molecule has 3 heteroatoms. The molecular weight excluding hydrogens is 298 g/mol. The molecule has 0 aliphatic carbocycles. The lowest BCUT2D eigenvalue weighted by atomic mass is 9.97. The van der Waals surface area contributed by atoms with Crippen LogP contribution < -0.4 is 5.32 Å². The van der Waals surface area contributed by atoms with Crippen molar-refractivity contribution < 1.29 is 0 Å². The van der Waals surface area contributed by atoms with Gasteiger partial charge in [0.15, 0.2) is 0 Å². The second-order valence-corrected chi connectivity index (χ2v) is 5.96. The Morgan fingerprint density at radius 3 is 2.59 bits per heavy atom. The summed E-state index contributed by atoms with van der Waals surface area (Å²) in [6.45, 7) is 7.61. The van der Waals surface area contributed by atoms with Crippen LogP contribution in [-0.4, -0.2) is 6.54 Å².